The van der Waals surface area contributed by atoms with Crippen molar-refractivity contribution >= 4 is 22.4 Å². The van der Waals surface area contributed by atoms with Gasteiger partial charge < -0.3 is 5.32 Å². The molecule has 2 unspecified atom stereocenters. The minimum absolute atomic E-state index is 0. The lowest BCUT2D eigenvalue weighted by Gasteiger charge is -2.32. The fraction of sp³-hybridized carbons (Fsp3) is 0.583. The first kappa shape index (κ1) is 16.4. The number of nitrogens with one attached hydrogen (secondary N) is 1. The van der Waals surface area contributed by atoms with E-state index < -0.39 is 15.3 Å². The molecule has 1 aromatic rings. The molecule has 0 bridgehead atoms. The molecule has 0 amide bonds. The molecule has 1 fully saturated rings. The summed E-state index contributed by atoms with van der Waals surface area (Å²) in [6, 6.07) is 5.56. The number of pyridine rings is 1. The molecule has 5 nitrogen and oxygen atoms in total. The van der Waals surface area contributed by atoms with Gasteiger partial charge in [0.2, 0.25) is 10.0 Å². The molecule has 1 aliphatic heterocycles. The van der Waals surface area contributed by atoms with Crippen LogP contribution in [0.1, 0.15) is 24.8 Å². The van der Waals surface area contributed by atoms with E-state index in [1.54, 1.807) is 29.6 Å². The smallest absolute Gasteiger partial charge is 0.222 e. The fourth-order valence-electron chi connectivity index (χ4n) is 2.12. The van der Waals surface area contributed by atoms with Crippen molar-refractivity contribution in [2.45, 2.75) is 25.1 Å². The fourth-order valence-corrected chi connectivity index (χ4v) is 3.79. The van der Waals surface area contributed by atoms with E-state index in [0.717, 1.165) is 0 Å². The van der Waals surface area contributed by atoms with Gasteiger partial charge in [0.25, 0.3) is 0 Å². The van der Waals surface area contributed by atoms with Crippen molar-refractivity contribution in [3.8, 4) is 0 Å². The quantitative estimate of drug-likeness (QED) is 0.911. The molecular weight excluding hydrogens is 286 g/mol. The Morgan fingerprint density at radius 3 is 2.79 bits per heavy atom. The van der Waals surface area contributed by atoms with Crippen LogP contribution in [0.25, 0.3) is 0 Å². The minimum atomic E-state index is -3.32. The van der Waals surface area contributed by atoms with Crippen LogP contribution in [0.4, 0.5) is 0 Å². The zero-order valence-corrected chi connectivity index (χ0v) is 12.7. The number of hydrogen-bond donors (Lipinski definition) is 1. The number of nitrogens with zero attached hydrogens (tertiary/aromatic N) is 2. The standard InChI is InChI=1S/C12H19N3O2S.ClH/c1-10-9-15(8-7-13-10)18(16,17)11(2)12-5-3-4-6-14-12;/h3-6,10-11,13H,7-9H2,1-2H3;1H. The first-order valence-corrected chi connectivity index (χ1v) is 7.65. The van der Waals surface area contributed by atoms with Gasteiger partial charge in [-0.05, 0) is 26.0 Å². The molecule has 1 saturated heterocycles. The molecule has 2 rings (SSSR count). The van der Waals surface area contributed by atoms with Gasteiger partial charge in [0.1, 0.15) is 5.25 Å². The first-order valence-electron chi connectivity index (χ1n) is 6.15. The number of aromatic nitrogens is 1. The van der Waals surface area contributed by atoms with E-state index in [2.05, 4.69) is 10.3 Å². The minimum Gasteiger partial charge on any atom is -0.312 e. The van der Waals surface area contributed by atoms with Gasteiger partial charge >= 0.3 is 0 Å². The molecular formula is C12H20ClN3O2S. The molecule has 0 aromatic carbocycles. The highest BCUT2D eigenvalue weighted by atomic mass is 35.5. The maximum Gasteiger partial charge on any atom is 0.222 e. The summed E-state index contributed by atoms with van der Waals surface area (Å²) in [6.07, 6.45) is 1.63. The first-order chi connectivity index (χ1) is 8.51. The number of halogens is 1. The Labute approximate surface area is 120 Å². The molecule has 0 radical (unpaired) electrons. The summed E-state index contributed by atoms with van der Waals surface area (Å²) in [6.45, 7) is 5.45. The molecule has 1 aromatic heterocycles. The lowest BCUT2D eigenvalue weighted by atomic mass is 10.3. The summed E-state index contributed by atoms with van der Waals surface area (Å²) in [5.41, 5.74) is 0.601. The Balaban J connectivity index is 0.00000180. The molecule has 0 spiro atoms. The van der Waals surface area contributed by atoms with Crippen molar-refractivity contribution in [2.24, 2.45) is 0 Å². The number of sulfonamides is 1. The zero-order valence-electron chi connectivity index (χ0n) is 11.1. The average molecular weight is 306 g/mol. The van der Waals surface area contributed by atoms with Crippen molar-refractivity contribution in [2.75, 3.05) is 19.6 Å². The summed E-state index contributed by atoms with van der Waals surface area (Å²) in [5.74, 6) is 0. The predicted molar refractivity (Wildman–Crippen MR) is 77.9 cm³/mol. The van der Waals surface area contributed by atoms with Gasteiger partial charge in [-0.15, -0.1) is 12.4 Å². The highest BCUT2D eigenvalue weighted by Crippen LogP contribution is 2.24. The Kier molecular flexibility index (Phi) is 5.73. The topological polar surface area (TPSA) is 62.3 Å². The number of rotatable bonds is 3. The van der Waals surface area contributed by atoms with Crippen molar-refractivity contribution in [3.63, 3.8) is 0 Å². The molecule has 1 aliphatic rings. The van der Waals surface area contributed by atoms with Crippen LogP contribution in [0.3, 0.4) is 0 Å². The third-order valence-corrected chi connectivity index (χ3v) is 5.43. The maximum absolute atomic E-state index is 12.5. The van der Waals surface area contributed by atoms with Crippen LogP contribution in [0.2, 0.25) is 0 Å². The highest BCUT2D eigenvalue weighted by Gasteiger charge is 2.33. The van der Waals surface area contributed by atoms with E-state index in [9.17, 15) is 8.42 Å². The summed E-state index contributed by atoms with van der Waals surface area (Å²) in [4.78, 5) is 4.14. The van der Waals surface area contributed by atoms with Gasteiger partial charge in [-0.2, -0.15) is 4.31 Å². The van der Waals surface area contributed by atoms with Crippen molar-refractivity contribution < 1.29 is 8.42 Å². The lowest BCUT2D eigenvalue weighted by molar-refractivity contribution is 0.307. The van der Waals surface area contributed by atoms with E-state index in [-0.39, 0.29) is 18.4 Å². The van der Waals surface area contributed by atoms with E-state index >= 15 is 0 Å². The van der Waals surface area contributed by atoms with Gasteiger partial charge in [-0.25, -0.2) is 8.42 Å². The Morgan fingerprint density at radius 2 is 2.21 bits per heavy atom. The zero-order chi connectivity index (χ0) is 13.2. The van der Waals surface area contributed by atoms with Crippen LogP contribution >= 0.6 is 12.4 Å². The van der Waals surface area contributed by atoms with Crippen LogP contribution in [0.5, 0.6) is 0 Å². The molecule has 2 atom stereocenters. The SMILES string of the molecule is CC1CN(S(=O)(=O)C(C)c2ccccn2)CCN1.Cl. The molecule has 0 aliphatic carbocycles. The average Bonchev–Trinajstić information content (AvgIpc) is 2.39. The maximum atomic E-state index is 12.5. The van der Waals surface area contributed by atoms with E-state index in [0.29, 0.717) is 25.3 Å². The molecule has 19 heavy (non-hydrogen) atoms. The normalized spacial score (nSPS) is 22.5. The van der Waals surface area contributed by atoms with Gasteiger partial charge in [0, 0.05) is 31.9 Å². The Morgan fingerprint density at radius 1 is 1.47 bits per heavy atom. The summed E-state index contributed by atoms with van der Waals surface area (Å²) in [7, 11) is -3.32. The van der Waals surface area contributed by atoms with Gasteiger partial charge in [-0.3, -0.25) is 4.98 Å². The van der Waals surface area contributed by atoms with Gasteiger partial charge in [0.05, 0.1) is 5.69 Å². The molecule has 7 heteroatoms. The van der Waals surface area contributed by atoms with Crippen LogP contribution in [-0.4, -0.2) is 43.4 Å². The third kappa shape index (κ3) is 3.66. The molecule has 2 heterocycles. The van der Waals surface area contributed by atoms with Gasteiger partial charge in [-0.1, -0.05) is 6.07 Å². The lowest BCUT2D eigenvalue weighted by Crippen LogP contribution is -2.52. The second kappa shape index (κ2) is 6.65. The van der Waals surface area contributed by atoms with Gasteiger partial charge in [0.15, 0.2) is 0 Å². The molecule has 1 N–H and O–H groups in total. The second-order valence-corrected chi connectivity index (χ2v) is 6.91. The third-order valence-electron chi connectivity index (χ3n) is 3.24. The van der Waals surface area contributed by atoms with Crippen LogP contribution < -0.4 is 5.32 Å². The van der Waals surface area contributed by atoms with E-state index in [4.69, 9.17) is 0 Å². The summed E-state index contributed by atoms with van der Waals surface area (Å²) < 4.78 is 26.5. The van der Waals surface area contributed by atoms with E-state index in [1.807, 2.05) is 13.0 Å². The van der Waals surface area contributed by atoms with E-state index in [1.165, 1.54) is 0 Å². The van der Waals surface area contributed by atoms with Crippen molar-refractivity contribution in [1.29, 1.82) is 0 Å². The number of hydrogen-bond acceptors (Lipinski definition) is 4. The van der Waals surface area contributed by atoms with Crippen LogP contribution in [0.15, 0.2) is 24.4 Å². The Bertz CT molecular complexity index is 495. The van der Waals surface area contributed by atoms with Crippen LogP contribution in [0, 0.1) is 0 Å². The largest absolute Gasteiger partial charge is 0.312 e. The predicted octanol–water partition coefficient (Wildman–Crippen LogP) is 1.19. The van der Waals surface area contributed by atoms with Crippen molar-refractivity contribution in [3.05, 3.63) is 30.1 Å². The Hall–Kier alpha value is -0.690. The molecule has 0 saturated carbocycles. The number of piperazine rings is 1. The summed E-state index contributed by atoms with van der Waals surface area (Å²) in [5, 5.41) is 2.65. The van der Waals surface area contributed by atoms with Crippen molar-refractivity contribution in [1.82, 2.24) is 14.6 Å². The highest BCUT2D eigenvalue weighted by molar-refractivity contribution is 7.89. The van der Waals surface area contributed by atoms with Crippen LogP contribution in [-0.2, 0) is 10.0 Å². The summed E-state index contributed by atoms with van der Waals surface area (Å²) >= 11 is 0. The monoisotopic (exact) mass is 305 g/mol. The second-order valence-electron chi connectivity index (χ2n) is 4.65. The molecule has 108 valence electrons.